The first-order valence-electron chi connectivity index (χ1n) is 6.12. The van der Waals surface area contributed by atoms with Gasteiger partial charge in [-0.3, -0.25) is 4.21 Å². The van der Waals surface area contributed by atoms with Crippen LogP contribution in [0.2, 0.25) is 0 Å². The Kier molecular flexibility index (Phi) is 4.79. The zero-order valence-electron chi connectivity index (χ0n) is 11.1. The average molecular weight is 319 g/mol. The summed E-state index contributed by atoms with van der Waals surface area (Å²) in [5.74, 6) is 1.18. The Balaban J connectivity index is 2.32. The molecule has 1 N–H and O–H groups in total. The molecule has 8 heteroatoms. The number of benzene rings is 1. The lowest BCUT2D eigenvalue weighted by atomic mass is 10.2. The summed E-state index contributed by atoms with van der Waals surface area (Å²) in [7, 11) is -3.08. The van der Waals surface area contributed by atoms with E-state index in [-0.39, 0.29) is 24.6 Å². The van der Waals surface area contributed by atoms with Crippen LogP contribution >= 0.6 is 0 Å². The number of nitrogens with zero attached hydrogens (tertiary/aromatic N) is 1. The summed E-state index contributed by atoms with van der Waals surface area (Å²) >= 11 is 0. The van der Waals surface area contributed by atoms with Crippen molar-refractivity contribution < 1.29 is 22.5 Å². The van der Waals surface area contributed by atoms with Gasteiger partial charge in [-0.25, -0.2) is 8.42 Å². The third-order valence-corrected chi connectivity index (χ3v) is 6.37. The Morgan fingerprint density at radius 1 is 1.35 bits per heavy atom. The SMILES string of the molecule is COc1ccc(S(=O)(=O)N2CCS(=O)CC2)cc1CO. The minimum absolute atomic E-state index is 0.120. The van der Waals surface area contributed by atoms with E-state index in [1.807, 2.05) is 0 Å². The molecule has 0 bridgehead atoms. The molecule has 1 aliphatic rings. The molecule has 1 fully saturated rings. The van der Waals surface area contributed by atoms with Crippen molar-refractivity contribution in [3.05, 3.63) is 23.8 Å². The Bertz CT molecular complexity index is 604. The van der Waals surface area contributed by atoms with Crippen molar-refractivity contribution in [2.75, 3.05) is 31.7 Å². The number of aliphatic hydroxyl groups excluding tert-OH is 1. The van der Waals surface area contributed by atoms with E-state index in [4.69, 9.17) is 4.74 Å². The molecule has 1 heterocycles. The van der Waals surface area contributed by atoms with Crippen LogP contribution in [0.5, 0.6) is 5.75 Å². The number of rotatable bonds is 4. The predicted molar refractivity (Wildman–Crippen MR) is 75.6 cm³/mol. The largest absolute Gasteiger partial charge is 0.496 e. The predicted octanol–water partition coefficient (Wildman–Crippen LogP) is -0.0595. The Hall–Kier alpha value is -0.960. The number of aliphatic hydroxyl groups is 1. The Labute approximate surface area is 120 Å². The van der Waals surface area contributed by atoms with E-state index in [9.17, 15) is 17.7 Å². The van der Waals surface area contributed by atoms with Gasteiger partial charge in [0, 0.05) is 41.0 Å². The highest BCUT2D eigenvalue weighted by Crippen LogP contribution is 2.25. The van der Waals surface area contributed by atoms with Gasteiger partial charge in [-0.1, -0.05) is 0 Å². The molecule has 0 unspecified atom stereocenters. The van der Waals surface area contributed by atoms with Crippen molar-refractivity contribution in [3.63, 3.8) is 0 Å². The molecular formula is C12H17NO5S2. The quantitative estimate of drug-likeness (QED) is 0.840. The molecule has 0 saturated carbocycles. The third kappa shape index (κ3) is 3.03. The molecule has 112 valence electrons. The molecule has 0 amide bonds. The third-order valence-electron chi connectivity index (χ3n) is 3.20. The summed E-state index contributed by atoms with van der Waals surface area (Å²) in [6.45, 7) is 0.224. The molecule has 0 radical (unpaired) electrons. The first-order valence-corrected chi connectivity index (χ1v) is 9.04. The van der Waals surface area contributed by atoms with Crippen molar-refractivity contribution in [1.82, 2.24) is 4.31 Å². The monoisotopic (exact) mass is 319 g/mol. The summed E-state index contributed by atoms with van der Waals surface area (Å²) in [6.07, 6.45) is 0. The van der Waals surface area contributed by atoms with Crippen molar-refractivity contribution in [1.29, 1.82) is 0 Å². The molecule has 1 aromatic carbocycles. The van der Waals surface area contributed by atoms with Crippen molar-refractivity contribution in [2.45, 2.75) is 11.5 Å². The van der Waals surface area contributed by atoms with Gasteiger partial charge >= 0.3 is 0 Å². The van der Waals surface area contributed by atoms with Gasteiger partial charge in [0.2, 0.25) is 10.0 Å². The van der Waals surface area contributed by atoms with Gasteiger partial charge < -0.3 is 9.84 Å². The Morgan fingerprint density at radius 2 is 2.00 bits per heavy atom. The average Bonchev–Trinajstić information content (AvgIpc) is 2.46. The number of ether oxygens (including phenoxy) is 1. The minimum atomic E-state index is -3.61. The van der Waals surface area contributed by atoms with Crippen LogP contribution in [0.4, 0.5) is 0 Å². The lowest BCUT2D eigenvalue weighted by Crippen LogP contribution is -2.41. The van der Waals surface area contributed by atoms with E-state index in [0.29, 0.717) is 22.8 Å². The van der Waals surface area contributed by atoms with Crippen molar-refractivity contribution in [3.8, 4) is 5.75 Å². The maximum absolute atomic E-state index is 12.5. The number of hydrogen-bond acceptors (Lipinski definition) is 5. The zero-order chi connectivity index (χ0) is 14.8. The smallest absolute Gasteiger partial charge is 0.243 e. The van der Waals surface area contributed by atoms with Crippen molar-refractivity contribution >= 4 is 20.8 Å². The highest BCUT2D eigenvalue weighted by atomic mass is 32.2. The minimum Gasteiger partial charge on any atom is -0.496 e. The summed E-state index contributed by atoms with van der Waals surface area (Å²) in [5, 5.41) is 9.26. The zero-order valence-corrected chi connectivity index (χ0v) is 12.7. The molecule has 1 saturated heterocycles. The van der Waals surface area contributed by atoms with Gasteiger partial charge in [0.15, 0.2) is 0 Å². The fraction of sp³-hybridized carbons (Fsp3) is 0.500. The highest BCUT2D eigenvalue weighted by Gasteiger charge is 2.28. The van der Waals surface area contributed by atoms with E-state index in [1.165, 1.54) is 29.6 Å². The van der Waals surface area contributed by atoms with Gasteiger partial charge in [-0.2, -0.15) is 4.31 Å². The van der Waals surface area contributed by atoms with Crippen LogP contribution in [0.15, 0.2) is 23.1 Å². The van der Waals surface area contributed by atoms with Crippen LogP contribution in [0.3, 0.4) is 0 Å². The number of hydrogen-bond donors (Lipinski definition) is 1. The van der Waals surface area contributed by atoms with E-state index in [2.05, 4.69) is 0 Å². The standard InChI is InChI=1S/C12H17NO5S2/c1-18-12-3-2-11(8-10(12)9-14)20(16,17)13-4-6-19(15)7-5-13/h2-3,8,14H,4-7,9H2,1H3. The van der Waals surface area contributed by atoms with Gasteiger partial charge in [0.25, 0.3) is 0 Å². The van der Waals surface area contributed by atoms with E-state index >= 15 is 0 Å². The molecule has 20 heavy (non-hydrogen) atoms. The van der Waals surface area contributed by atoms with Crippen LogP contribution in [-0.4, -0.2) is 53.7 Å². The Morgan fingerprint density at radius 3 is 2.55 bits per heavy atom. The molecule has 1 aromatic rings. The topological polar surface area (TPSA) is 83.9 Å². The van der Waals surface area contributed by atoms with E-state index in [0.717, 1.165) is 0 Å². The first-order chi connectivity index (χ1) is 9.48. The second-order valence-electron chi connectivity index (χ2n) is 4.38. The highest BCUT2D eigenvalue weighted by molar-refractivity contribution is 7.89. The fourth-order valence-corrected chi connectivity index (χ4v) is 4.83. The van der Waals surface area contributed by atoms with Crippen LogP contribution in [-0.2, 0) is 27.4 Å². The molecule has 0 spiro atoms. The molecule has 6 nitrogen and oxygen atoms in total. The van der Waals surface area contributed by atoms with E-state index < -0.39 is 20.8 Å². The fourth-order valence-electron chi connectivity index (χ4n) is 2.05. The van der Waals surface area contributed by atoms with Crippen LogP contribution in [0.25, 0.3) is 0 Å². The molecular weight excluding hydrogens is 302 g/mol. The molecule has 0 aromatic heterocycles. The lowest BCUT2D eigenvalue weighted by molar-refractivity contribution is 0.273. The van der Waals surface area contributed by atoms with Crippen molar-refractivity contribution in [2.24, 2.45) is 0 Å². The van der Waals surface area contributed by atoms with E-state index in [1.54, 1.807) is 0 Å². The number of methoxy groups -OCH3 is 1. The maximum atomic E-state index is 12.5. The van der Waals surface area contributed by atoms with Gasteiger partial charge in [0.1, 0.15) is 5.75 Å². The summed E-state index contributed by atoms with van der Waals surface area (Å²) in [6, 6.07) is 4.40. The van der Waals surface area contributed by atoms with Gasteiger partial charge in [-0.05, 0) is 18.2 Å². The van der Waals surface area contributed by atoms with Gasteiger partial charge in [0.05, 0.1) is 18.6 Å². The molecule has 0 aliphatic carbocycles. The summed E-state index contributed by atoms with van der Waals surface area (Å²) in [5.41, 5.74) is 0.425. The second kappa shape index (κ2) is 6.21. The second-order valence-corrected chi connectivity index (χ2v) is 8.02. The molecule has 2 rings (SSSR count). The molecule has 1 aliphatic heterocycles. The molecule has 0 atom stereocenters. The summed E-state index contributed by atoms with van der Waals surface area (Å²) < 4.78 is 42.6. The maximum Gasteiger partial charge on any atom is 0.243 e. The van der Waals surface area contributed by atoms with Crippen LogP contribution in [0.1, 0.15) is 5.56 Å². The first kappa shape index (κ1) is 15.4. The summed E-state index contributed by atoms with van der Waals surface area (Å²) in [4.78, 5) is 0.120. The normalized spacial score (nSPS) is 18.1. The van der Waals surface area contributed by atoms with Crippen LogP contribution < -0.4 is 4.74 Å². The van der Waals surface area contributed by atoms with Gasteiger partial charge in [-0.15, -0.1) is 0 Å². The number of sulfonamides is 1. The van der Waals surface area contributed by atoms with Crippen LogP contribution in [0, 0.1) is 0 Å². The lowest BCUT2D eigenvalue weighted by Gasteiger charge is -2.25.